The second-order valence-corrected chi connectivity index (χ2v) is 7.12. The van der Waals surface area contributed by atoms with Crippen LogP contribution in [0.5, 0.6) is 0 Å². The number of hydrogen-bond acceptors (Lipinski definition) is 2. The first-order valence-electron chi connectivity index (χ1n) is 7.18. The van der Waals surface area contributed by atoms with Crippen LogP contribution >= 0.6 is 0 Å². The highest BCUT2D eigenvalue weighted by Gasteiger charge is 2.26. The van der Waals surface area contributed by atoms with Gasteiger partial charge in [-0.25, -0.2) is 4.79 Å². The first-order valence-corrected chi connectivity index (χ1v) is 8.57. The fourth-order valence-electron chi connectivity index (χ4n) is 2.62. The molecule has 2 rings (SSSR count). The highest BCUT2D eigenvalue weighted by Crippen LogP contribution is 2.23. The molecule has 3 atom stereocenters. The average molecular weight is 294 g/mol. The van der Waals surface area contributed by atoms with E-state index in [-0.39, 0.29) is 17.3 Å². The van der Waals surface area contributed by atoms with Gasteiger partial charge in [-0.15, -0.1) is 0 Å². The monoisotopic (exact) mass is 294 g/mol. The minimum atomic E-state index is -0.759. The van der Waals surface area contributed by atoms with Crippen molar-refractivity contribution >= 4 is 22.5 Å². The van der Waals surface area contributed by atoms with E-state index in [1.165, 1.54) is 0 Å². The standard InChI is InChI=1S/C15H22N2O2S/c1-2-20(19)14-10-6-9-13(11-14)17-15(18)16-12-7-4-3-5-8-12/h3-5,7-8,13-14H,2,6,9-11H2,1H3,(H2,16,17,18)/t13-,14+,20+/m1/s1. The van der Waals surface area contributed by atoms with Gasteiger partial charge in [0.25, 0.3) is 0 Å². The van der Waals surface area contributed by atoms with Gasteiger partial charge >= 0.3 is 6.03 Å². The Bertz CT molecular complexity index is 464. The summed E-state index contributed by atoms with van der Waals surface area (Å²) in [7, 11) is -0.759. The molecule has 1 aliphatic carbocycles. The summed E-state index contributed by atoms with van der Waals surface area (Å²) in [6.07, 6.45) is 3.84. The molecule has 110 valence electrons. The van der Waals surface area contributed by atoms with Crippen LogP contribution in [0.1, 0.15) is 32.6 Å². The number of carbonyl (C=O) groups is 1. The first kappa shape index (κ1) is 15.0. The highest BCUT2D eigenvalue weighted by atomic mass is 32.2. The second-order valence-electron chi connectivity index (χ2n) is 5.12. The Morgan fingerprint density at radius 1 is 1.30 bits per heavy atom. The summed E-state index contributed by atoms with van der Waals surface area (Å²) in [6.45, 7) is 1.95. The van der Waals surface area contributed by atoms with Crippen LogP contribution in [-0.4, -0.2) is 27.3 Å². The molecule has 0 heterocycles. The summed E-state index contributed by atoms with van der Waals surface area (Å²) < 4.78 is 11.9. The van der Waals surface area contributed by atoms with Gasteiger partial charge in [-0.05, 0) is 31.4 Å². The van der Waals surface area contributed by atoms with Crippen LogP contribution in [-0.2, 0) is 10.8 Å². The second kappa shape index (κ2) is 7.43. The Labute approximate surface area is 122 Å². The quantitative estimate of drug-likeness (QED) is 0.897. The number of para-hydroxylation sites is 1. The molecule has 20 heavy (non-hydrogen) atoms. The third-order valence-corrected chi connectivity index (χ3v) is 5.39. The summed E-state index contributed by atoms with van der Waals surface area (Å²) in [5.41, 5.74) is 0.787. The van der Waals surface area contributed by atoms with Crippen molar-refractivity contribution in [1.82, 2.24) is 5.32 Å². The lowest BCUT2D eigenvalue weighted by Crippen LogP contribution is -2.42. The number of amides is 2. The maximum absolute atomic E-state index is 11.9. The van der Waals surface area contributed by atoms with E-state index in [0.717, 1.165) is 31.4 Å². The van der Waals surface area contributed by atoms with Crippen LogP contribution in [0.4, 0.5) is 10.5 Å². The summed E-state index contributed by atoms with van der Waals surface area (Å²) in [6, 6.07) is 9.35. The molecule has 5 heteroatoms. The Morgan fingerprint density at radius 2 is 2.05 bits per heavy atom. The van der Waals surface area contributed by atoms with Crippen LogP contribution in [0.15, 0.2) is 30.3 Å². The van der Waals surface area contributed by atoms with Crippen molar-refractivity contribution in [3.8, 4) is 0 Å². The molecule has 0 spiro atoms. The number of urea groups is 1. The van der Waals surface area contributed by atoms with Gasteiger partial charge in [-0.3, -0.25) is 4.21 Å². The van der Waals surface area contributed by atoms with Gasteiger partial charge in [0.15, 0.2) is 0 Å². The molecule has 1 aromatic carbocycles. The molecule has 1 aliphatic rings. The van der Waals surface area contributed by atoms with E-state index in [1.54, 1.807) is 0 Å². The number of benzene rings is 1. The number of rotatable bonds is 4. The zero-order chi connectivity index (χ0) is 14.4. The zero-order valence-electron chi connectivity index (χ0n) is 11.8. The van der Waals surface area contributed by atoms with Crippen LogP contribution in [0.2, 0.25) is 0 Å². The molecule has 0 bridgehead atoms. The molecule has 0 aliphatic heterocycles. The van der Waals surface area contributed by atoms with E-state index in [0.29, 0.717) is 5.75 Å². The topological polar surface area (TPSA) is 58.2 Å². The number of anilines is 1. The molecule has 0 aromatic heterocycles. The lowest BCUT2D eigenvalue weighted by atomic mass is 9.95. The molecule has 2 N–H and O–H groups in total. The van der Waals surface area contributed by atoms with Crippen molar-refractivity contribution in [2.45, 2.75) is 43.9 Å². The Balaban J connectivity index is 1.83. The third kappa shape index (κ3) is 4.34. The van der Waals surface area contributed by atoms with E-state index < -0.39 is 10.8 Å². The van der Waals surface area contributed by atoms with Gasteiger partial charge in [0.2, 0.25) is 0 Å². The normalized spacial score (nSPS) is 23.9. The Morgan fingerprint density at radius 3 is 2.75 bits per heavy atom. The number of carbonyl (C=O) groups excluding carboxylic acids is 1. The van der Waals surface area contributed by atoms with E-state index in [9.17, 15) is 9.00 Å². The first-order chi connectivity index (χ1) is 9.69. The van der Waals surface area contributed by atoms with Crippen molar-refractivity contribution in [1.29, 1.82) is 0 Å². The molecule has 1 saturated carbocycles. The molecule has 4 nitrogen and oxygen atoms in total. The van der Waals surface area contributed by atoms with Crippen LogP contribution in [0.3, 0.4) is 0 Å². The predicted molar refractivity (Wildman–Crippen MR) is 83.3 cm³/mol. The van der Waals surface area contributed by atoms with Gasteiger partial charge in [0.05, 0.1) is 0 Å². The van der Waals surface area contributed by atoms with Gasteiger partial charge in [-0.1, -0.05) is 31.5 Å². The molecule has 0 saturated heterocycles. The zero-order valence-corrected chi connectivity index (χ0v) is 12.6. The van der Waals surface area contributed by atoms with Gasteiger partial charge < -0.3 is 10.6 Å². The average Bonchev–Trinajstić information content (AvgIpc) is 2.47. The smallest absolute Gasteiger partial charge is 0.319 e. The SMILES string of the molecule is CC[S@](=O)[C@H]1CCC[C@@H](NC(=O)Nc2ccccc2)C1. The van der Waals surface area contributed by atoms with Gasteiger partial charge in [-0.2, -0.15) is 0 Å². The van der Waals surface area contributed by atoms with Crippen LogP contribution < -0.4 is 10.6 Å². The fourth-order valence-corrected chi connectivity index (χ4v) is 3.97. The number of hydrogen-bond donors (Lipinski definition) is 2. The minimum absolute atomic E-state index is 0.132. The van der Waals surface area contributed by atoms with Crippen LogP contribution in [0, 0.1) is 0 Å². The molecule has 0 radical (unpaired) electrons. The van der Waals surface area contributed by atoms with E-state index >= 15 is 0 Å². The minimum Gasteiger partial charge on any atom is -0.335 e. The molecule has 1 aromatic rings. The molecule has 0 unspecified atom stereocenters. The summed E-state index contributed by atoms with van der Waals surface area (Å²) in [5, 5.41) is 6.05. The van der Waals surface area contributed by atoms with Crippen molar-refractivity contribution in [2.75, 3.05) is 11.1 Å². The predicted octanol–water partition coefficient (Wildman–Crippen LogP) is 2.89. The van der Waals surface area contributed by atoms with Crippen LogP contribution in [0.25, 0.3) is 0 Å². The van der Waals surface area contributed by atoms with Crippen molar-refractivity contribution in [3.63, 3.8) is 0 Å². The Kier molecular flexibility index (Phi) is 5.59. The van der Waals surface area contributed by atoms with E-state index in [1.807, 2.05) is 37.3 Å². The molecular formula is C15H22N2O2S. The largest absolute Gasteiger partial charge is 0.335 e. The third-order valence-electron chi connectivity index (χ3n) is 3.65. The lowest BCUT2D eigenvalue weighted by molar-refractivity contribution is 0.244. The highest BCUT2D eigenvalue weighted by molar-refractivity contribution is 7.85. The van der Waals surface area contributed by atoms with Crippen molar-refractivity contribution < 1.29 is 9.00 Å². The van der Waals surface area contributed by atoms with Crippen molar-refractivity contribution in [2.24, 2.45) is 0 Å². The lowest BCUT2D eigenvalue weighted by Gasteiger charge is -2.29. The van der Waals surface area contributed by atoms with Gasteiger partial charge in [0, 0.05) is 33.5 Å². The van der Waals surface area contributed by atoms with Gasteiger partial charge in [0.1, 0.15) is 0 Å². The molecular weight excluding hydrogens is 272 g/mol. The summed E-state index contributed by atoms with van der Waals surface area (Å²) >= 11 is 0. The fraction of sp³-hybridized carbons (Fsp3) is 0.533. The Hall–Kier alpha value is -1.36. The molecule has 1 fully saturated rings. The van der Waals surface area contributed by atoms with E-state index in [4.69, 9.17) is 0 Å². The molecule has 2 amide bonds. The maximum Gasteiger partial charge on any atom is 0.319 e. The van der Waals surface area contributed by atoms with Crippen molar-refractivity contribution in [3.05, 3.63) is 30.3 Å². The summed E-state index contributed by atoms with van der Waals surface area (Å²) in [5.74, 6) is 0.702. The number of nitrogens with one attached hydrogen (secondary N) is 2. The van der Waals surface area contributed by atoms with E-state index in [2.05, 4.69) is 10.6 Å². The summed E-state index contributed by atoms with van der Waals surface area (Å²) in [4.78, 5) is 11.9. The maximum atomic E-state index is 11.9.